The number of hydrogen-bond donors (Lipinski definition) is 4. The van der Waals surface area contributed by atoms with E-state index < -0.39 is 24.1 Å². The molecule has 0 bridgehead atoms. The Balaban J connectivity index is 2.29. The fraction of sp³-hybridized carbons (Fsp3) is 0.818. The number of urea groups is 1. The minimum Gasteiger partial charge on any atom is -0.480 e. The minimum absolute atomic E-state index is 0.360. The van der Waals surface area contributed by atoms with E-state index in [1.807, 2.05) is 0 Å². The number of aliphatic hydroxyl groups is 1. The van der Waals surface area contributed by atoms with Crippen molar-refractivity contribution in [3.63, 3.8) is 0 Å². The van der Waals surface area contributed by atoms with Gasteiger partial charge in [-0.3, -0.25) is 0 Å². The number of carboxylic acids is 1. The van der Waals surface area contributed by atoms with Gasteiger partial charge < -0.3 is 25.6 Å². The van der Waals surface area contributed by atoms with Crippen molar-refractivity contribution in [2.75, 3.05) is 19.8 Å². The van der Waals surface area contributed by atoms with Crippen LogP contribution in [0.25, 0.3) is 0 Å². The summed E-state index contributed by atoms with van der Waals surface area (Å²) in [5.41, 5.74) is 0. The van der Waals surface area contributed by atoms with E-state index in [1.54, 1.807) is 0 Å². The first-order valence-corrected chi connectivity index (χ1v) is 6.03. The van der Waals surface area contributed by atoms with Crippen molar-refractivity contribution < 1.29 is 24.5 Å². The molecule has 0 aromatic carbocycles. The molecule has 1 fully saturated rings. The Morgan fingerprint density at radius 2 is 2.00 bits per heavy atom. The summed E-state index contributed by atoms with van der Waals surface area (Å²) in [5.74, 6) is -0.898. The van der Waals surface area contributed by atoms with Gasteiger partial charge in [-0.2, -0.15) is 0 Å². The van der Waals surface area contributed by atoms with Crippen LogP contribution in [0.3, 0.4) is 0 Å². The Bertz CT molecular complexity index is 289. The van der Waals surface area contributed by atoms with E-state index in [-0.39, 0.29) is 0 Å². The average Bonchev–Trinajstić information content (AvgIpc) is 2.34. The third-order valence-electron chi connectivity index (χ3n) is 2.93. The molecule has 1 saturated heterocycles. The number of aliphatic hydroxyl groups excluding tert-OH is 1. The maximum Gasteiger partial charge on any atom is 0.328 e. The molecule has 7 nitrogen and oxygen atoms in total. The third-order valence-corrected chi connectivity index (χ3v) is 2.93. The number of hydrogen-bond acceptors (Lipinski definition) is 4. The van der Waals surface area contributed by atoms with Crippen LogP contribution in [-0.4, -0.2) is 54.1 Å². The van der Waals surface area contributed by atoms with Crippen molar-refractivity contribution in [2.45, 2.75) is 31.9 Å². The van der Waals surface area contributed by atoms with Crippen LogP contribution in [0.1, 0.15) is 19.8 Å². The highest BCUT2D eigenvalue weighted by molar-refractivity contribution is 5.82. The SMILES string of the molecule is CC(O)C(NC(=O)NCC1CCOCC1)C(=O)O. The van der Waals surface area contributed by atoms with E-state index in [4.69, 9.17) is 9.84 Å². The first-order valence-electron chi connectivity index (χ1n) is 6.03. The summed E-state index contributed by atoms with van der Waals surface area (Å²) < 4.78 is 5.19. The molecule has 1 rings (SSSR count). The number of amides is 2. The predicted octanol–water partition coefficient (Wildman–Crippen LogP) is -0.454. The quantitative estimate of drug-likeness (QED) is 0.535. The second-order valence-corrected chi connectivity index (χ2v) is 4.47. The number of rotatable bonds is 5. The molecular formula is C11H20N2O5. The van der Waals surface area contributed by atoms with Crippen LogP contribution in [0, 0.1) is 5.92 Å². The van der Waals surface area contributed by atoms with Gasteiger partial charge in [-0.15, -0.1) is 0 Å². The van der Waals surface area contributed by atoms with Gasteiger partial charge in [0.1, 0.15) is 0 Å². The van der Waals surface area contributed by atoms with Gasteiger partial charge in [0.15, 0.2) is 6.04 Å². The van der Waals surface area contributed by atoms with Gasteiger partial charge >= 0.3 is 12.0 Å². The molecule has 0 saturated carbocycles. The molecule has 7 heteroatoms. The van der Waals surface area contributed by atoms with Gasteiger partial charge in [-0.1, -0.05) is 0 Å². The highest BCUT2D eigenvalue weighted by Crippen LogP contribution is 2.12. The van der Waals surface area contributed by atoms with Gasteiger partial charge in [0.25, 0.3) is 0 Å². The summed E-state index contributed by atoms with van der Waals surface area (Å²) in [7, 11) is 0. The zero-order valence-corrected chi connectivity index (χ0v) is 10.4. The van der Waals surface area contributed by atoms with Crippen molar-refractivity contribution >= 4 is 12.0 Å². The van der Waals surface area contributed by atoms with Crippen molar-refractivity contribution in [3.8, 4) is 0 Å². The van der Waals surface area contributed by atoms with E-state index in [2.05, 4.69) is 10.6 Å². The maximum absolute atomic E-state index is 11.5. The number of carboxylic acid groups (broad SMARTS) is 1. The number of carbonyl (C=O) groups excluding carboxylic acids is 1. The lowest BCUT2D eigenvalue weighted by Crippen LogP contribution is -2.51. The summed E-state index contributed by atoms with van der Waals surface area (Å²) in [6.07, 6.45) is 0.634. The number of carbonyl (C=O) groups is 2. The van der Waals surface area contributed by atoms with E-state index in [9.17, 15) is 14.7 Å². The first-order chi connectivity index (χ1) is 8.50. The lowest BCUT2D eigenvalue weighted by Gasteiger charge is -2.23. The monoisotopic (exact) mass is 260 g/mol. The summed E-state index contributed by atoms with van der Waals surface area (Å²) in [6, 6.07) is -1.87. The van der Waals surface area contributed by atoms with Gasteiger partial charge in [0.05, 0.1) is 6.10 Å². The predicted molar refractivity (Wildman–Crippen MR) is 63.2 cm³/mol. The van der Waals surface area contributed by atoms with Crippen LogP contribution in [0.15, 0.2) is 0 Å². The van der Waals surface area contributed by atoms with Crippen LogP contribution in [0.4, 0.5) is 4.79 Å². The molecule has 0 aromatic rings. The number of nitrogens with one attached hydrogen (secondary N) is 2. The molecule has 104 valence electrons. The van der Waals surface area contributed by atoms with E-state index in [0.717, 1.165) is 12.8 Å². The van der Waals surface area contributed by atoms with Crippen LogP contribution in [-0.2, 0) is 9.53 Å². The third kappa shape index (κ3) is 4.89. The normalized spacial score (nSPS) is 19.9. The smallest absolute Gasteiger partial charge is 0.328 e. The molecule has 4 N–H and O–H groups in total. The van der Waals surface area contributed by atoms with E-state index >= 15 is 0 Å². The highest BCUT2D eigenvalue weighted by Gasteiger charge is 2.25. The molecule has 0 aliphatic carbocycles. The average molecular weight is 260 g/mol. The lowest BCUT2D eigenvalue weighted by atomic mass is 10.0. The van der Waals surface area contributed by atoms with Gasteiger partial charge in [-0.05, 0) is 25.7 Å². The topological polar surface area (TPSA) is 108 Å². The van der Waals surface area contributed by atoms with Crippen molar-refractivity contribution in [3.05, 3.63) is 0 Å². The molecule has 0 aromatic heterocycles. The standard InChI is InChI=1S/C11H20N2O5/c1-7(14)9(10(15)16)13-11(17)12-6-8-2-4-18-5-3-8/h7-9,14H,2-6H2,1H3,(H,15,16)(H2,12,13,17). The fourth-order valence-corrected chi connectivity index (χ4v) is 1.77. The zero-order valence-electron chi connectivity index (χ0n) is 10.4. The second kappa shape index (κ2) is 7.17. The van der Waals surface area contributed by atoms with Crippen LogP contribution in [0.5, 0.6) is 0 Å². The van der Waals surface area contributed by atoms with Gasteiger partial charge in [-0.25, -0.2) is 9.59 Å². The van der Waals surface area contributed by atoms with Crippen LogP contribution in [0.2, 0.25) is 0 Å². The number of ether oxygens (including phenoxy) is 1. The number of aliphatic carboxylic acids is 1. The van der Waals surface area contributed by atoms with Crippen molar-refractivity contribution in [1.82, 2.24) is 10.6 Å². The summed E-state index contributed by atoms with van der Waals surface area (Å²) >= 11 is 0. The summed E-state index contributed by atoms with van der Waals surface area (Å²) in [6.45, 7) is 3.19. The fourth-order valence-electron chi connectivity index (χ4n) is 1.77. The van der Waals surface area contributed by atoms with Crippen molar-refractivity contribution in [2.24, 2.45) is 5.92 Å². The van der Waals surface area contributed by atoms with Crippen LogP contribution >= 0.6 is 0 Å². The molecule has 1 aliphatic heterocycles. The first kappa shape index (κ1) is 14.7. The Labute approximate surface area is 106 Å². The Morgan fingerprint density at radius 1 is 1.39 bits per heavy atom. The van der Waals surface area contributed by atoms with E-state index in [0.29, 0.717) is 25.7 Å². The van der Waals surface area contributed by atoms with Crippen LogP contribution < -0.4 is 10.6 Å². The second-order valence-electron chi connectivity index (χ2n) is 4.47. The summed E-state index contributed by atoms with van der Waals surface area (Å²) in [4.78, 5) is 22.2. The Morgan fingerprint density at radius 3 is 2.50 bits per heavy atom. The molecule has 2 amide bonds. The van der Waals surface area contributed by atoms with Gasteiger partial charge in [0, 0.05) is 19.8 Å². The molecule has 18 heavy (non-hydrogen) atoms. The molecule has 2 atom stereocenters. The largest absolute Gasteiger partial charge is 0.480 e. The minimum atomic E-state index is -1.29. The molecule has 1 aliphatic rings. The van der Waals surface area contributed by atoms with Crippen molar-refractivity contribution in [1.29, 1.82) is 0 Å². The Kier molecular flexibility index (Phi) is 5.87. The molecule has 0 radical (unpaired) electrons. The molecule has 2 unspecified atom stereocenters. The van der Waals surface area contributed by atoms with E-state index in [1.165, 1.54) is 6.92 Å². The molecular weight excluding hydrogens is 240 g/mol. The summed E-state index contributed by atoms with van der Waals surface area (Å²) in [5, 5.41) is 22.8. The molecule has 1 heterocycles. The lowest BCUT2D eigenvalue weighted by molar-refractivity contribution is -0.141. The Hall–Kier alpha value is -1.34. The molecule has 0 spiro atoms. The maximum atomic E-state index is 11.5. The zero-order chi connectivity index (χ0) is 13.5. The van der Waals surface area contributed by atoms with Gasteiger partial charge in [0.2, 0.25) is 0 Å². The highest BCUT2D eigenvalue weighted by atomic mass is 16.5.